The van der Waals surface area contributed by atoms with Crippen LogP contribution in [-0.4, -0.2) is 29.4 Å². The van der Waals surface area contributed by atoms with E-state index in [-0.39, 0.29) is 5.91 Å². The largest absolute Gasteiger partial charge is 0.332 e. The first kappa shape index (κ1) is 11.2. The molecule has 0 saturated heterocycles. The van der Waals surface area contributed by atoms with Gasteiger partial charge in [-0.25, -0.2) is 5.01 Å². The van der Waals surface area contributed by atoms with Gasteiger partial charge in [0.15, 0.2) is 0 Å². The lowest BCUT2D eigenvalue weighted by Crippen LogP contribution is -2.41. The van der Waals surface area contributed by atoms with Crippen LogP contribution in [0.1, 0.15) is 12.5 Å². The fraction of sp³-hybridized carbons (Fsp3) is 0.273. The highest BCUT2D eigenvalue weighted by atomic mass is 16.2. The van der Waals surface area contributed by atoms with E-state index >= 15 is 0 Å². The van der Waals surface area contributed by atoms with E-state index in [1.54, 1.807) is 6.41 Å². The van der Waals surface area contributed by atoms with Crippen LogP contribution >= 0.6 is 0 Å². The molecule has 0 fully saturated rings. The highest BCUT2D eigenvalue weighted by Crippen LogP contribution is 2.04. The molecule has 0 aromatic heterocycles. The van der Waals surface area contributed by atoms with E-state index in [1.165, 1.54) is 24.0 Å². The lowest BCUT2D eigenvalue weighted by Gasteiger charge is -2.26. The van der Waals surface area contributed by atoms with Crippen molar-refractivity contribution in [1.29, 1.82) is 0 Å². The molecule has 0 aliphatic heterocycles. The Labute approximate surface area is 89.1 Å². The zero-order valence-electron chi connectivity index (χ0n) is 8.80. The lowest BCUT2D eigenvalue weighted by atomic mass is 10.2. The second-order valence-electron chi connectivity index (χ2n) is 3.18. The first-order chi connectivity index (χ1) is 7.15. The summed E-state index contributed by atoms with van der Waals surface area (Å²) in [5.41, 5.74) is 0.953. The number of hydrogen-bond donors (Lipinski definition) is 0. The number of carbonyl (C=O) groups is 1. The summed E-state index contributed by atoms with van der Waals surface area (Å²) in [6.07, 6.45) is 1.72. The van der Waals surface area contributed by atoms with Gasteiger partial charge in [0.1, 0.15) is 0 Å². The van der Waals surface area contributed by atoms with Crippen LogP contribution in [0.3, 0.4) is 0 Å². The van der Waals surface area contributed by atoms with Gasteiger partial charge in [-0.15, -0.1) is 0 Å². The van der Waals surface area contributed by atoms with E-state index in [1.807, 2.05) is 30.3 Å². The Morgan fingerprint density at radius 1 is 1.33 bits per heavy atom. The Morgan fingerprint density at radius 3 is 2.40 bits per heavy atom. The van der Waals surface area contributed by atoms with Crippen molar-refractivity contribution in [1.82, 2.24) is 10.0 Å². The van der Waals surface area contributed by atoms with Crippen LogP contribution in [0.15, 0.2) is 30.3 Å². The predicted molar refractivity (Wildman–Crippen MR) is 56.1 cm³/mol. The van der Waals surface area contributed by atoms with Gasteiger partial charge in [0.25, 0.3) is 0 Å². The normalized spacial score (nSPS) is 9.47. The predicted octanol–water partition coefficient (Wildman–Crippen LogP) is 0.949. The van der Waals surface area contributed by atoms with Crippen LogP contribution in [0.25, 0.3) is 0 Å². The topological polar surface area (TPSA) is 40.6 Å². The minimum Gasteiger partial charge on any atom is -0.273 e. The Balaban J connectivity index is 2.70. The molecule has 0 saturated carbocycles. The van der Waals surface area contributed by atoms with Crippen molar-refractivity contribution in [2.45, 2.75) is 13.5 Å². The summed E-state index contributed by atoms with van der Waals surface area (Å²) < 4.78 is 0. The maximum Gasteiger partial charge on any atom is 0.332 e. The second kappa shape index (κ2) is 5.14. The first-order valence-corrected chi connectivity index (χ1v) is 4.58. The van der Waals surface area contributed by atoms with E-state index < -0.39 is 0 Å². The monoisotopic (exact) mass is 205 g/mol. The van der Waals surface area contributed by atoms with Crippen molar-refractivity contribution in [3.8, 4) is 0 Å². The average molecular weight is 205 g/mol. The third-order valence-corrected chi connectivity index (χ3v) is 2.10. The molecule has 0 N–H and O–H groups in total. The van der Waals surface area contributed by atoms with E-state index in [4.69, 9.17) is 0 Å². The van der Waals surface area contributed by atoms with E-state index in [2.05, 4.69) is 0 Å². The van der Waals surface area contributed by atoms with E-state index in [9.17, 15) is 9.59 Å². The van der Waals surface area contributed by atoms with Crippen LogP contribution in [0.4, 0.5) is 0 Å². The molecule has 0 heterocycles. The highest BCUT2D eigenvalue weighted by Gasteiger charge is 2.12. The summed E-state index contributed by atoms with van der Waals surface area (Å²) >= 11 is 0. The molecule has 0 atom stereocenters. The quantitative estimate of drug-likeness (QED) is 0.542. The van der Waals surface area contributed by atoms with Crippen LogP contribution in [0, 0.1) is 0 Å². The molecule has 0 spiro atoms. The molecule has 1 radical (unpaired) electrons. The molecule has 0 aliphatic rings. The number of nitrogens with zero attached hydrogens (tertiary/aromatic N) is 2. The third kappa shape index (κ3) is 3.09. The van der Waals surface area contributed by atoms with Gasteiger partial charge in [-0.2, -0.15) is 0 Å². The Kier molecular flexibility index (Phi) is 3.85. The number of carbonyl (C=O) groups excluding carboxylic acids is 2. The Morgan fingerprint density at radius 2 is 1.93 bits per heavy atom. The Bertz CT molecular complexity index is 338. The number of amides is 2. The van der Waals surface area contributed by atoms with Crippen molar-refractivity contribution in [2.24, 2.45) is 0 Å². The van der Waals surface area contributed by atoms with Gasteiger partial charge in [-0.1, -0.05) is 30.3 Å². The number of rotatable bonds is 4. The molecule has 0 unspecified atom stereocenters. The molecule has 1 aromatic rings. The minimum absolute atomic E-state index is 0.200. The van der Waals surface area contributed by atoms with Crippen molar-refractivity contribution in [3.05, 3.63) is 35.9 Å². The summed E-state index contributed by atoms with van der Waals surface area (Å²) in [4.78, 5) is 21.7. The molecule has 4 heteroatoms. The smallest absolute Gasteiger partial charge is 0.273 e. The van der Waals surface area contributed by atoms with Gasteiger partial charge in [0.2, 0.25) is 5.91 Å². The van der Waals surface area contributed by atoms with Gasteiger partial charge in [0.05, 0.1) is 6.54 Å². The molecular formula is C11H13N2O2. The Hall–Kier alpha value is -1.84. The average Bonchev–Trinajstić information content (AvgIpc) is 2.26. The van der Waals surface area contributed by atoms with E-state index in [0.717, 1.165) is 5.56 Å². The number of benzene rings is 1. The van der Waals surface area contributed by atoms with Crippen LogP contribution in [0.2, 0.25) is 0 Å². The van der Waals surface area contributed by atoms with Crippen molar-refractivity contribution < 1.29 is 9.59 Å². The summed E-state index contributed by atoms with van der Waals surface area (Å²) in [6, 6.07) is 9.43. The SMILES string of the molecule is CC(=O)N(C)N([C]=O)Cc1ccccc1. The molecule has 1 rings (SSSR count). The summed E-state index contributed by atoms with van der Waals surface area (Å²) in [5.74, 6) is -0.200. The molecule has 15 heavy (non-hydrogen) atoms. The molecule has 4 nitrogen and oxygen atoms in total. The number of hydrazine groups is 1. The highest BCUT2D eigenvalue weighted by molar-refractivity contribution is 5.74. The van der Waals surface area contributed by atoms with Gasteiger partial charge in [-0.05, 0) is 5.56 Å². The molecule has 0 bridgehead atoms. The van der Waals surface area contributed by atoms with E-state index in [0.29, 0.717) is 6.54 Å². The molecule has 0 aliphatic carbocycles. The minimum atomic E-state index is -0.200. The summed E-state index contributed by atoms with van der Waals surface area (Å²) in [6.45, 7) is 1.75. The maximum absolute atomic E-state index is 11.0. The summed E-state index contributed by atoms with van der Waals surface area (Å²) in [5, 5.41) is 2.44. The van der Waals surface area contributed by atoms with Gasteiger partial charge < -0.3 is 0 Å². The molecule has 2 amide bonds. The van der Waals surface area contributed by atoms with Crippen molar-refractivity contribution >= 4 is 12.3 Å². The maximum atomic E-state index is 11.0. The van der Waals surface area contributed by atoms with Gasteiger partial charge in [-0.3, -0.25) is 14.6 Å². The fourth-order valence-corrected chi connectivity index (χ4v) is 1.13. The first-order valence-electron chi connectivity index (χ1n) is 4.58. The second-order valence-corrected chi connectivity index (χ2v) is 3.18. The molecular weight excluding hydrogens is 192 g/mol. The molecule has 1 aromatic carbocycles. The van der Waals surface area contributed by atoms with Crippen molar-refractivity contribution in [3.63, 3.8) is 0 Å². The third-order valence-electron chi connectivity index (χ3n) is 2.10. The standard InChI is InChI=1S/C11H13N2O2/c1-10(15)12(2)13(9-14)8-11-6-4-3-5-7-11/h3-7H,8H2,1-2H3. The fourth-order valence-electron chi connectivity index (χ4n) is 1.13. The van der Waals surface area contributed by atoms with Crippen LogP contribution in [-0.2, 0) is 16.1 Å². The zero-order valence-corrected chi connectivity index (χ0v) is 8.80. The van der Waals surface area contributed by atoms with Gasteiger partial charge in [0, 0.05) is 14.0 Å². The van der Waals surface area contributed by atoms with Crippen molar-refractivity contribution in [2.75, 3.05) is 7.05 Å². The van der Waals surface area contributed by atoms with Gasteiger partial charge >= 0.3 is 6.41 Å². The van der Waals surface area contributed by atoms with Crippen LogP contribution < -0.4 is 0 Å². The van der Waals surface area contributed by atoms with Crippen LogP contribution in [0.5, 0.6) is 0 Å². The number of hydrogen-bond acceptors (Lipinski definition) is 2. The molecule has 79 valence electrons. The zero-order chi connectivity index (χ0) is 11.3. The summed E-state index contributed by atoms with van der Waals surface area (Å²) in [7, 11) is 1.54. The lowest BCUT2D eigenvalue weighted by molar-refractivity contribution is -0.138.